The average Bonchev–Trinajstić information content (AvgIpc) is 3.06. The van der Waals surface area contributed by atoms with Crippen LogP contribution in [0.15, 0.2) is 88.3 Å². The first-order valence-corrected chi connectivity index (χ1v) is 12.2. The molecule has 34 heavy (non-hydrogen) atoms. The number of imide groups is 1. The molecule has 1 aliphatic rings. The predicted octanol–water partition coefficient (Wildman–Crippen LogP) is 6.85. The summed E-state index contributed by atoms with van der Waals surface area (Å²) in [5.74, 6) is 0.164. The van der Waals surface area contributed by atoms with Gasteiger partial charge in [0, 0.05) is 9.92 Å². The van der Waals surface area contributed by atoms with Gasteiger partial charge in [-0.1, -0.05) is 61.5 Å². The van der Waals surface area contributed by atoms with Gasteiger partial charge in [-0.15, -0.1) is 0 Å². The fraction of sp³-hybridized carbons (Fsp3) is 0.185. The minimum absolute atomic E-state index is 0.213. The Hall–Kier alpha value is -3.22. The van der Waals surface area contributed by atoms with Gasteiger partial charge >= 0.3 is 0 Å². The standard InChI is InChI=1S/C27H25ClN2O3S/c1-4-33-23-8-6-5-7-22(23)29-24-25(34-21-15-11-19(28)12-16-21)27(32)30(26(24)31)20-13-9-18(10-14-20)17(2)3/h5-17,29H,4H2,1-3H3. The summed E-state index contributed by atoms with van der Waals surface area (Å²) in [7, 11) is 0. The molecule has 0 aromatic heterocycles. The topological polar surface area (TPSA) is 58.6 Å². The van der Waals surface area contributed by atoms with Gasteiger partial charge in [0.2, 0.25) is 0 Å². The second-order valence-electron chi connectivity index (χ2n) is 8.01. The lowest BCUT2D eigenvalue weighted by atomic mass is 10.0. The van der Waals surface area contributed by atoms with Gasteiger partial charge in [-0.05, 0) is 66.9 Å². The highest BCUT2D eigenvalue weighted by Crippen LogP contribution is 2.39. The Kier molecular flexibility index (Phi) is 7.29. The Morgan fingerprint density at radius 1 is 0.941 bits per heavy atom. The van der Waals surface area contributed by atoms with Crippen molar-refractivity contribution in [2.24, 2.45) is 0 Å². The summed E-state index contributed by atoms with van der Waals surface area (Å²) >= 11 is 7.26. The Morgan fingerprint density at radius 2 is 1.62 bits per heavy atom. The van der Waals surface area contributed by atoms with E-state index in [1.165, 1.54) is 16.7 Å². The maximum Gasteiger partial charge on any atom is 0.283 e. The van der Waals surface area contributed by atoms with Crippen LogP contribution in [0.1, 0.15) is 32.3 Å². The summed E-state index contributed by atoms with van der Waals surface area (Å²) in [6, 6.07) is 22.0. The number of halogens is 1. The number of hydrogen-bond acceptors (Lipinski definition) is 5. The minimum atomic E-state index is -0.412. The second kappa shape index (κ2) is 10.4. The van der Waals surface area contributed by atoms with Crippen molar-refractivity contribution >= 4 is 46.6 Å². The van der Waals surface area contributed by atoms with Gasteiger partial charge in [-0.25, -0.2) is 4.90 Å². The van der Waals surface area contributed by atoms with Crippen LogP contribution in [-0.4, -0.2) is 18.4 Å². The number of anilines is 2. The molecule has 3 aromatic carbocycles. The molecule has 0 spiro atoms. The highest BCUT2D eigenvalue weighted by Gasteiger charge is 2.40. The molecule has 7 heteroatoms. The van der Waals surface area contributed by atoms with Crippen LogP contribution < -0.4 is 15.0 Å². The van der Waals surface area contributed by atoms with Crippen molar-refractivity contribution in [3.63, 3.8) is 0 Å². The van der Waals surface area contributed by atoms with Crippen molar-refractivity contribution in [2.75, 3.05) is 16.8 Å². The minimum Gasteiger partial charge on any atom is -0.492 e. The van der Waals surface area contributed by atoms with Crippen molar-refractivity contribution in [1.29, 1.82) is 0 Å². The van der Waals surface area contributed by atoms with E-state index >= 15 is 0 Å². The first-order chi connectivity index (χ1) is 16.4. The number of rotatable bonds is 8. The fourth-order valence-electron chi connectivity index (χ4n) is 3.56. The first kappa shape index (κ1) is 23.9. The van der Waals surface area contributed by atoms with Gasteiger partial charge in [0.1, 0.15) is 16.4 Å². The van der Waals surface area contributed by atoms with E-state index in [0.29, 0.717) is 39.6 Å². The van der Waals surface area contributed by atoms with E-state index in [1.54, 1.807) is 12.1 Å². The summed E-state index contributed by atoms with van der Waals surface area (Å²) < 4.78 is 5.71. The molecule has 1 N–H and O–H groups in total. The molecule has 1 heterocycles. The molecule has 0 atom stereocenters. The molecule has 0 bridgehead atoms. The largest absolute Gasteiger partial charge is 0.492 e. The van der Waals surface area contributed by atoms with Crippen LogP contribution in [0.3, 0.4) is 0 Å². The number of ether oxygens (including phenoxy) is 1. The number of carbonyl (C=O) groups is 2. The third-order valence-electron chi connectivity index (χ3n) is 5.34. The van der Waals surface area contributed by atoms with Gasteiger partial charge in [-0.3, -0.25) is 9.59 Å². The quantitative estimate of drug-likeness (QED) is 0.348. The molecule has 0 saturated carbocycles. The number of para-hydroxylation sites is 2. The third-order valence-corrected chi connectivity index (χ3v) is 6.68. The van der Waals surface area contributed by atoms with Crippen LogP contribution >= 0.6 is 23.4 Å². The molecule has 0 aliphatic carbocycles. The van der Waals surface area contributed by atoms with Crippen LogP contribution in [0.4, 0.5) is 11.4 Å². The smallest absolute Gasteiger partial charge is 0.283 e. The number of carbonyl (C=O) groups excluding carboxylic acids is 2. The van der Waals surface area contributed by atoms with E-state index in [4.69, 9.17) is 16.3 Å². The molecule has 0 saturated heterocycles. The van der Waals surface area contributed by atoms with Crippen molar-refractivity contribution in [3.8, 4) is 5.75 Å². The Labute approximate surface area is 208 Å². The zero-order valence-corrected chi connectivity index (χ0v) is 20.7. The third kappa shape index (κ3) is 4.98. The summed E-state index contributed by atoms with van der Waals surface area (Å²) in [4.78, 5) is 29.4. The lowest BCUT2D eigenvalue weighted by Gasteiger charge is -2.17. The molecule has 0 unspecified atom stereocenters. The Morgan fingerprint density at radius 3 is 2.26 bits per heavy atom. The molecule has 1 aliphatic heterocycles. The number of hydrogen-bond donors (Lipinski definition) is 1. The Balaban J connectivity index is 1.73. The SMILES string of the molecule is CCOc1ccccc1NC1=C(Sc2ccc(Cl)cc2)C(=O)N(c2ccc(C(C)C)cc2)C1=O. The number of nitrogens with one attached hydrogen (secondary N) is 1. The van der Waals surface area contributed by atoms with Gasteiger partial charge in [0.25, 0.3) is 11.8 Å². The van der Waals surface area contributed by atoms with Gasteiger partial charge in [0.05, 0.1) is 18.0 Å². The van der Waals surface area contributed by atoms with E-state index in [-0.39, 0.29) is 11.6 Å². The summed E-state index contributed by atoms with van der Waals surface area (Å²) in [6.45, 7) is 6.57. The maximum absolute atomic E-state index is 13.6. The van der Waals surface area contributed by atoms with Gasteiger partial charge < -0.3 is 10.1 Å². The molecular weight excluding hydrogens is 468 g/mol. The summed E-state index contributed by atoms with van der Waals surface area (Å²) in [5, 5.41) is 3.78. The normalized spacial score (nSPS) is 13.7. The van der Waals surface area contributed by atoms with E-state index in [1.807, 2.05) is 67.6 Å². The number of nitrogens with zero attached hydrogens (tertiary/aromatic N) is 1. The zero-order valence-electron chi connectivity index (χ0n) is 19.2. The van der Waals surface area contributed by atoms with Crippen LogP contribution in [0.2, 0.25) is 5.02 Å². The van der Waals surface area contributed by atoms with Crippen LogP contribution in [0.25, 0.3) is 0 Å². The Bertz CT molecular complexity index is 1240. The first-order valence-electron chi connectivity index (χ1n) is 11.0. The second-order valence-corrected chi connectivity index (χ2v) is 9.53. The van der Waals surface area contributed by atoms with E-state index in [0.717, 1.165) is 10.5 Å². The van der Waals surface area contributed by atoms with Crippen molar-refractivity contribution in [3.05, 3.63) is 94.0 Å². The molecule has 5 nitrogen and oxygen atoms in total. The summed E-state index contributed by atoms with van der Waals surface area (Å²) in [5.41, 5.74) is 2.50. The number of thioether (sulfide) groups is 1. The van der Waals surface area contributed by atoms with E-state index in [2.05, 4.69) is 19.2 Å². The number of benzene rings is 3. The lowest BCUT2D eigenvalue weighted by molar-refractivity contribution is -0.120. The highest BCUT2D eigenvalue weighted by atomic mass is 35.5. The van der Waals surface area contributed by atoms with Crippen LogP contribution in [0, 0.1) is 0 Å². The maximum atomic E-state index is 13.6. The lowest BCUT2D eigenvalue weighted by Crippen LogP contribution is -2.32. The zero-order chi connectivity index (χ0) is 24.2. The molecule has 4 rings (SSSR count). The van der Waals surface area contributed by atoms with E-state index < -0.39 is 5.91 Å². The average molecular weight is 493 g/mol. The predicted molar refractivity (Wildman–Crippen MR) is 139 cm³/mol. The van der Waals surface area contributed by atoms with Crippen LogP contribution in [-0.2, 0) is 9.59 Å². The molecule has 2 amide bonds. The molecule has 0 fully saturated rings. The monoisotopic (exact) mass is 492 g/mol. The van der Waals surface area contributed by atoms with Gasteiger partial charge in [0.15, 0.2) is 0 Å². The highest BCUT2D eigenvalue weighted by molar-refractivity contribution is 8.04. The molecular formula is C27H25ClN2O3S. The van der Waals surface area contributed by atoms with Crippen LogP contribution in [0.5, 0.6) is 5.75 Å². The molecule has 0 radical (unpaired) electrons. The van der Waals surface area contributed by atoms with E-state index in [9.17, 15) is 9.59 Å². The summed E-state index contributed by atoms with van der Waals surface area (Å²) in [6.07, 6.45) is 0. The number of amides is 2. The van der Waals surface area contributed by atoms with Crippen molar-refractivity contribution in [1.82, 2.24) is 0 Å². The van der Waals surface area contributed by atoms with Crippen molar-refractivity contribution in [2.45, 2.75) is 31.6 Å². The fourth-order valence-corrected chi connectivity index (χ4v) is 4.62. The van der Waals surface area contributed by atoms with Gasteiger partial charge in [-0.2, -0.15) is 0 Å². The molecule has 3 aromatic rings. The molecule has 174 valence electrons. The van der Waals surface area contributed by atoms with Crippen molar-refractivity contribution < 1.29 is 14.3 Å².